The number of amides is 1. The minimum absolute atomic E-state index is 0.208. The molecule has 0 aliphatic heterocycles. The van der Waals surface area contributed by atoms with Crippen LogP contribution in [-0.4, -0.2) is 17.0 Å². The van der Waals surface area contributed by atoms with Crippen molar-refractivity contribution >= 4 is 23.5 Å². The Kier molecular flexibility index (Phi) is 4.97. The van der Waals surface area contributed by atoms with Crippen molar-refractivity contribution < 1.29 is 14.7 Å². The number of nitrogens with one attached hydrogen (secondary N) is 1. The molecule has 0 aliphatic rings. The number of benzene rings is 1. The summed E-state index contributed by atoms with van der Waals surface area (Å²) < 4.78 is 0. The molecule has 2 N–H and O–H groups in total. The maximum absolute atomic E-state index is 11.4. The van der Waals surface area contributed by atoms with Crippen LogP contribution in [0.25, 0.3) is 0 Å². The summed E-state index contributed by atoms with van der Waals surface area (Å²) in [6, 6.07) is 6.94. The number of hydrogen-bond acceptors (Lipinski definition) is 2. The van der Waals surface area contributed by atoms with Crippen molar-refractivity contribution in [2.75, 3.05) is 0 Å². The lowest BCUT2D eigenvalue weighted by atomic mass is 10.0. The third-order valence-corrected chi connectivity index (χ3v) is 2.54. The fraction of sp³-hybridized carbons (Fsp3) is 0.333. The molecule has 0 heterocycles. The van der Waals surface area contributed by atoms with Gasteiger partial charge in [-0.15, -0.1) is 0 Å². The minimum atomic E-state index is -1.14. The number of rotatable bonds is 5. The van der Waals surface area contributed by atoms with Crippen molar-refractivity contribution in [1.82, 2.24) is 5.32 Å². The van der Waals surface area contributed by atoms with Gasteiger partial charge >= 0.3 is 5.97 Å². The molecule has 0 aliphatic carbocycles. The molecular weight excluding hydrogens is 242 g/mol. The summed E-state index contributed by atoms with van der Waals surface area (Å²) in [6.07, 6.45) is 0.156. The first-order valence-electron chi connectivity index (χ1n) is 5.29. The first-order chi connectivity index (χ1) is 8.02. The molecule has 0 radical (unpaired) electrons. The third kappa shape index (κ3) is 4.44. The van der Waals surface area contributed by atoms with E-state index in [0.717, 1.165) is 5.56 Å². The van der Waals surface area contributed by atoms with Gasteiger partial charge in [-0.05, 0) is 24.1 Å². The lowest BCUT2D eigenvalue weighted by Crippen LogP contribution is -2.29. The number of carboxylic acids is 1. The quantitative estimate of drug-likeness (QED) is 0.794. The lowest BCUT2D eigenvalue weighted by Gasteiger charge is -2.17. The van der Waals surface area contributed by atoms with Crippen molar-refractivity contribution in [3.8, 4) is 0 Å². The van der Waals surface area contributed by atoms with E-state index in [9.17, 15) is 9.59 Å². The number of carboxylic acid groups (broad SMARTS) is 1. The molecule has 1 aromatic rings. The Morgan fingerprint density at radius 3 is 2.71 bits per heavy atom. The highest BCUT2D eigenvalue weighted by Crippen LogP contribution is 2.20. The van der Waals surface area contributed by atoms with Crippen LogP contribution >= 0.6 is 11.6 Å². The number of hydrogen-bond donors (Lipinski definition) is 2. The van der Waals surface area contributed by atoms with Crippen molar-refractivity contribution in [2.45, 2.75) is 25.8 Å². The SMILES string of the molecule is CCC(NC(=O)CC(=O)O)c1cccc(Cl)c1. The minimum Gasteiger partial charge on any atom is -0.481 e. The predicted molar refractivity (Wildman–Crippen MR) is 64.9 cm³/mol. The van der Waals surface area contributed by atoms with Crippen molar-refractivity contribution in [3.63, 3.8) is 0 Å². The largest absolute Gasteiger partial charge is 0.481 e. The van der Waals surface area contributed by atoms with E-state index >= 15 is 0 Å². The molecule has 92 valence electrons. The zero-order valence-electron chi connectivity index (χ0n) is 9.44. The Bertz CT molecular complexity index is 420. The van der Waals surface area contributed by atoms with Crippen molar-refractivity contribution in [3.05, 3.63) is 34.9 Å². The van der Waals surface area contributed by atoms with Crippen LogP contribution < -0.4 is 5.32 Å². The van der Waals surface area contributed by atoms with Crippen LogP contribution in [0.2, 0.25) is 5.02 Å². The molecule has 0 fully saturated rings. The molecule has 1 amide bonds. The Hall–Kier alpha value is -1.55. The van der Waals surface area contributed by atoms with Crippen molar-refractivity contribution in [2.24, 2.45) is 0 Å². The molecule has 0 aromatic heterocycles. The Morgan fingerprint density at radius 2 is 2.18 bits per heavy atom. The zero-order chi connectivity index (χ0) is 12.8. The highest BCUT2D eigenvalue weighted by molar-refractivity contribution is 6.30. The maximum atomic E-state index is 11.4. The average molecular weight is 256 g/mol. The second-order valence-electron chi connectivity index (χ2n) is 3.65. The molecule has 5 heteroatoms. The highest BCUT2D eigenvalue weighted by Gasteiger charge is 2.14. The van der Waals surface area contributed by atoms with Gasteiger partial charge in [0.2, 0.25) is 5.91 Å². The fourth-order valence-corrected chi connectivity index (χ4v) is 1.73. The topological polar surface area (TPSA) is 66.4 Å². The lowest BCUT2D eigenvalue weighted by molar-refractivity contribution is -0.140. The fourth-order valence-electron chi connectivity index (χ4n) is 1.53. The number of carbonyl (C=O) groups is 2. The molecule has 0 spiro atoms. The van der Waals surface area contributed by atoms with E-state index in [1.165, 1.54) is 0 Å². The highest BCUT2D eigenvalue weighted by atomic mass is 35.5. The second-order valence-corrected chi connectivity index (χ2v) is 4.09. The molecule has 1 unspecified atom stereocenters. The van der Waals surface area contributed by atoms with Crippen LogP contribution in [-0.2, 0) is 9.59 Å². The molecule has 1 rings (SSSR count). The summed E-state index contributed by atoms with van der Waals surface area (Å²) in [5.74, 6) is -1.63. The average Bonchev–Trinajstić information content (AvgIpc) is 2.24. The number of carbonyl (C=O) groups excluding carboxylic acids is 1. The summed E-state index contributed by atoms with van der Waals surface area (Å²) in [7, 11) is 0. The molecular formula is C12H14ClNO3. The standard InChI is InChI=1S/C12H14ClNO3/c1-2-10(14-11(15)7-12(16)17)8-4-3-5-9(13)6-8/h3-6,10H,2,7H2,1H3,(H,14,15)(H,16,17). The van der Waals surface area contributed by atoms with E-state index in [4.69, 9.17) is 16.7 Å². The molecule has 0 saturated heterocycles. The number of aliphatic carboxylic acids is 1. The van der Waals surface area contributed by atoms with Crippen LogP contribution in [0.5, 0.6) is 0 Å². The predicted octanol–water partition coefficient (Wildman–Crippen LogP) is 2.38. The second kappa shape index (κ2) is 6.25. The van der Waals surface area contributed by atoms with Gasteiger partial charge in [0, 0.05) is 5.02 Å². The smallest absolute Gasteiger partial charge is 0.312 e. The van der Waals surface area contributed by atoms with E-state index in [-0.39, 0.29) is 6.04 Å². The summed E-state index contributed by atoms with van der Waals surface area (Å²) in [4.78, 5) is 21.7. The monoisotopic (exact) mass is 255 g/mol. The van der Waals surface area contributed by atoms with Crippen molar-refractivity contribution in [1.29, 1.82) is 0 Å². The van der Waals surface area contributed by atoms with E-state index in [1.54, 1.807) is 18.2 Å². The Morgan fingerprint density at radius 1 is 1.47 bits per heavy atom. The van der Waals surface area contributed by atoms with E-state index < -0.39 is 18.3 Å². The van der Waals surface area contributed by atoms with Crippen LogP contribution in [0.4, 0.5) is 0 Å². The molecule has 0 saturated carbocycles. The first kappa shape index (κ1) is 13.5. The normalized spacial score (nSPS) is 11.9. The number of halogens is 1. The van der Waals surface area contributed by atoms with E-state index in [0.29, 0.717) is 11.4 Å². The van der Waals surface area contributed by atoms with Gasteiger partial charge < -0.3 is 10.4 Å². The van der Waals surface area contributed by atoms with Gasteiger partial charge in [-0.2, -0.15) is 0 Å². The van der Waals surface area contributed by atoms with Gasteiger partial charge in [0.1, 0.15) is 6.42 Å². The van der Waals surface area contributed by atoms with Gasteiger partial charge in [0.15, 0.2) is 0 Å². The summed E-state index contributed by atoms with van der Waals surface area (Å²) in [5.41, 5.74) is 0.874. The van der Waals surface area contributed by atoms with Crippen LogP contribution in [0.1, 0.15) is 31.4 Å². The van der Waals surface area contributed by atoms with E-state index in [2.05, 4.69) is 5.32 Å². The molecule has 1 aromatic carbocycles. The van der Waals surface area contributed by atoms with Crippen LogP contribution in [0.3, 0.4) is 0 Å². The summed E-state index contributed by atoms with van der Waals surface area (Å²) in [6.45, 7) is 1.91. The maximum Gasteiger partial charge on any atom is 0.312 e. The molecule has 4 nitrogen and oxygen atoms in total. The van der Waals surface area contributed by atoms with Crippen LogP contribution in [0.15, 0.2) is 24.3 Å². The third-order valence-electron chi connectivity index (χ3n) is 2.31. The van der Waals surface area contributed by atoms with Gasteiger partial charge in [0.05, 0.1) is 6.04 Å². The van der Waals surface area contributed by atoms with Crippen LogP contribution in [0, 0.1) is 0 Å². The van der Waals surface area contributed by atoms with Gasteiger partial charge in [0.25, 0.3) is 0 Å². The summed E-state index contributed by atoms with van der Waals surface area (Å²) in [5, 5.41) is 11.8. The Balaban J connectivity index is 2.72. The molecule has 17 heavy (non-hydrogen) atoms. The van der Waals surface area contributed by atoms with Gasteiger partial charge in [-0.3, -0.25) is 9.59 Å². The summed E-state index contributed by atoms with van der Waals surface area (Å²) >= 11 is 5.86. The zero-order valence-corrected chi connectivity index (χ0v) is 10.2. The molecule has 0 bridgehead atoms. The Labute approximate surface area is 105 Å². The van der Waals surface area contributed by atoms with E-state index in [1.807, 2.05) is 13.0 Å². The van der Waals surface area contributed by atoms with Gasteiger partial charge in [-0.25, -0.2) is 0 Å². The molecule has 1 atom stereocenters. The van der Waals surface area contributed by atoms with Gasteiger partial charge in [-0.1, -0.05) is 30.7 Å². The first-order valence-corrected chi connectivity index (χ1v) is 5.67.